The van der Waals surface area contributed by atoms with Crippen LogP contribution in [0.1, 0.15) is 31.5 Å². The molecule has 0 spiro atoms. The van der Waals surface area contributed by atoms with Crippen LogP contribution >= 0.6 is 11.6 Å². The van der Waals surface area contributed by atoms with Gasteiger partial charge in [-0.3, -0.25) is 14.3 Å². The van der Waals surface area contributed by atoms with Gasteiger partial charge in [0.1, 0.15) is 5.15 Å². The monoisotopic (exact) mass is 338 g/mol. The van der Waals surface area contributed by atoms with Crippen molar-refractivity contribution in [2.75, 3.05) is 13.1 Å². The smallest absolute Gasteiger partial charge is 0.246 e. The van der Waals surface area contributed by atoms with Crippen LogP contribution in [0, 0.1) is 18.8 Å². The summed E-state index contributed by atoms with van der Waals surface area (Å²) < 4.78 is 1.75. The molecule has 0 radical (unpaired) electrons. The van der Waals surface area contributed by atoms with Gasteiger partial charge in [-0.25, -0.2) is 0 Å². The molecule has 2 rings (SSSR count). The van der Waals surface area contributed by atoms with Gasteiger partial charge in [-0.2, -0.15) is 5.10 Å². The molecule has 1 aromatic heterocycles. The molecule has 0 bridgehead atoms. The minimum Gasteiger partial charge on any atom is -0.369 e. The SMILES string of the molecule is Cc1nn(CC(C)C)c(Cl)c1/C=C/C(=O)N1CC[C@@H](C(N)=O)C1. The first-order chi connectivity index (χ1) is 10.8. The number of primary amides is 1. The molecule has 1 aliphatic rings. The molecule has 1 aromatic rings. The highest BCUT2D eigenvalue weighted by molar-refractivity contribution is 6.31. The first kappa shape index (κ1) is 17.5. The zero-order chi connectivity index (χ0) is 17.1. The number of rotatable bonds is 5. The number of hydrogen-bond acceptors (Lipinski definition) is 3. The summed E-state index contributed by atoms with van der Waals surface area (Å²) in [7, 11) is 0. The van der Waals surface area contributed by atoms with Crippen LogP contribution in [0.5, 0.6) is 0 Å². The maximum atomic E-state index is 12.2. The molecule has 2 amide bonds. The third-order valence-electron chi connectivity index (χ3n) is 3.94. The van der Waals surface area contributed by atoms with E-state index < -0.39 is 0 Å². The van der Waals surface area contributed by atoms with Crippen molar-refractivity contribution in [3.05, 3.63) is 22.5 Å². The number of hydrogen-bond donors (Lipinski definition) is 1. The zero-order valence-corrected chi connectivity index (χ0v) is 14.5. The van der Waals surface area contributed by atoms with Crippen LogP contribution in [0.15, 0.2) is 6.08 Å². The van der Waals surface area contributed by atoms with Crippen LogP contribution in [-0.2, 0) is 16.1 Å². The number of carbonyl (C=O) groups excluding carboxylic acids is 2. The molecule has 0 saturated carbocycles. The highest BCUT2D eigenvalue weighted by atomic mass is 35.5. The van der Waals surface area contributed by atoms with Gasteiger partial charge in [0.15, 0.2) is 0 Å². The normalized spacial score (nSPS) is 18.3. The second-order valence-corrected chi connectivity index (χ2v) is 6.73. The Bertz CT molecular complexity index is 636. The van der Waals surface area contributed by atoms with Crippen LogP contribution in [0.2, 0.25) is 5.15 Å². The summed E-state index contributed by atoms with van der Waals surface area (Å²) in [5.41, 5.74) is 6.83. The van der Waals surface area contributed by atoms with E-state index in [0.29, 0.717) is 30.6 Å². The van der Waals surface area contributed by atoms with E-state index in [0.717, 1.165) is 17.8 Å². The molecule has 0 aromatic carbocycles. The Morgan fingerprint density at radius 2 is 2.17 bits per heavy atom. The lowest BCUT2D eigenvalue weighted by Crippen LogP contribution is -2.30. The molecule has 2 N–H and O–H groups in total. The summed E-state index contributed by atoms with van der Waals surface area (Å²) in [6, 6.07) is 0. The molecule has 0 unspecified atom stereocenters. The number of nitrogens with two attached hydrogens (primary N) is 1. The maximum Gasteiger partial charge on any atom is 0.246 e. The molecule has 6 nitrogen and oxygen atoms in total. The maximum absolute atomic E-state index is 12.2. The number of aromatic nitrogens is 2. The first-order valence-corrected chi connectivity index (χ1v) is 8.16. The summed E-state index contributed by atoms with van der Waals surface area (Å²) in [5.74, 6) is -0.300. The Kier molecular flexibility index (Phi) is 5.46. The lowest BCUT2D eigenvalue weighted by atomic mass is 10.1. The molecule has 7 heteroatoms. The molecule has 1 fully saturated rings. The third kappa shape index (κ3) is 4.13. The summed E-state index contributed by atoms with van der Waals surface area (Å²) >= 11 is 6.34. The average molecular weight is 339 g/mol. The molecule has 1 saturated heterocycles. The van der Waals surface area contributed by atoms with Gasteiger partial charge in [-0.1, -0.05) is 25.4 Å². The molecule has 1 atom stereocenters. The van der Waals surface area contributed by atoms with E-state index >= 15 is 0 Å². The van der Waals surface area contributed by atoms with E-state index in [9.17, 15) is 9.59 Å². The Balaban J connectivity index is 2.07. The van der Waals surface area contributed by atoms with E-state index in [1.54, 1.807) is 15.7 Å². The predicted molar refractivity (Wildman–Crippen MR) is 89.7 cm³/mol. The van der Waals surface area contributed by atoms with Crippen molar-refractivity contribution < 1.29 is 9.59 Å². The topological polar surface area (TPSA) is 81.2 Å². The predicted octanol–water partition coefficient (Wildman–Crippen LogP) is 1.85. The van der Waals surface area contributed by atoms with Crippen molar-refractivity contribution in [1.29, 1.82) is 0 Å². The van der Waals surface area contributed by atoms with Crippen molar-refractivity contribution >= 4 is 29.5 Å². The van der Waals surface area contributed by atoms with Crippen molar-refractivity contribution in [2.45, 2.75) is 33.7 Å². The minimum absolute atomic E-state index is 0.138. The summed E-state index contributed by atoms with van der Waals surface area (Å²) in [5, 5.41) is 4.95. The highest BCUT2D eigenvalue weighted by Gasteiger charge is 2.28. The fourth-order valence-electron chi connectivity index (χ4n) is 2.68. The fraction of sp³-hybridized carbons (Fsp3) is 0.562. The number of halogens is 1. The van der Waals surface area contributed by atoms with Gasteiger partial charge in [-0.05, 0) is 25.3 Å². The first-order valence-electron chi connectivity index (χ1n) is 7.78. The van der Waals surface area contributed by atoms with Crippen LogP contribution in [0.3, 0.4) is 0 Å². The molecule has 2 heterocycles. The minimum atomic E-state index is -0.349. The Morgan fingerprint density at radius 1 is 1.48 bits per heavy atom. The molecule has 23 heavy (non-hydrogen) atoms. The van der Waals surface area contributed by atoms with Crippen LogP contribution < -0.4 is 5.73 Å². The van der Waals surface area contributed by atoms with Crippen molar-refractivity contribution in [3.8, 4) is 0 Å². The average Bonchev–Trinajstić information content (AvgIpc) is 3.04. The number of aryl methyl sites for hydroxylation is 1. The van der Waals surface area contributed by atoms with Crippen molar-refractivity contribution in [2.24, 2.45) is 17.6 Å². The van der Waals surface area contributed by atoms with Gasteiger partial charge in [-0.15, -0.1) is 0 Å². The van der Waals surface area contributed by atoms with E-state index in [2.05, 4.69) is 18.9 Å². The second kappa shape index (κ2) is 7.17. The van der Waals surface area contributed by atoms with E-state index in [4.69, 9.17) is 17.3 Å². The Hall–Kier alpha value is -1.82. The molecular formula is C16H23ClN4O2. The van der Waals surface area contributed by atoms with Gasteiger partial charge in [0.2, 0.25) is 11.8 Å². The van der Waals surface area contributed by atoms with Crippen molar-refractivity contribution in [1.82, 2.24) is 14.7 Å². The van der Waals surface area contributed by atoms with Crippen LogP contribution in [-0.4, -0.2) is 39.6 Å². The quantitative estimate of drug-likeness (QED) is 0.832. The van der Waals surface area contributed by atoms with Crippen molar-refractivity contribution in [3.63, 3.8) is 0 Å². The highest BCUT2D eigenvalue weighted by Crippen LogP contribution is 2.23. The summed E-state index contributed by atoms with van der Waals surface area (Å²) in [6.07, 6.45) is 3.81. The van der Waals surface area contributed by atoms with Crippen LogP contribution in [0.4, 0.5) is 0 Å². The lowest BCUT2D eigenvalue weighted by Gasteiger charge is -2.13. The van der Waals surface area contributed by atoms with Gasteiger partial charge in [0.05, 0.1) is 11.6 Å². The number of likely N-dealkylation sites (tertiary alicyclic amines) is 1. The van der Waals surface area contributed by atoms with Gasteiger partial charge in [0.25, 0.3) is 0 Å². The molecular weight excluding hydrogens is 316 g/mol. The Morgan fingerprint density at radius 3 is 2.74 bits per heavy atom. The number of amides is 2. The molecule has 126 valence electrons. The standard InChI is InChI=1S/C16H23ClN4O2/c1-10(2)8-21-15(17)13(11(3)19-21)4-5-14(22)20-7-6-12(9-20)16(18)23/h4-5,10,12H,6-9H2,1-3H3,(H2,18,23)/b5-4+/t12-/m1/s1. The van der Waals surface area contributed by atoms with E-state index in [1.807, 2.05) is 6.92 Å². The largest absolute Gasteiger partial charge is 0.369 e. The second-order valence-electron chi connectivity index (χ2n) is 6.37. The fourth-order valence-corrected chi connectivity index (χ4v) is 2.98. The zero-order valence-electron chi connectivity index (χ0n) is 13.8. The van der Waals surface area contributed by atoms with Crippen LogP contribution in [0.25, 0.3) is 6.08 Å². The number of carbonyl (C=O) groups is 2. The summed E-state index contributed by atoms with van der Waals surface area (Å²) in [6.45, 7) is 7.72. The molecule has 1 aliphatic heterocycles. The lowest BCUT2D eigenvalue weighted by molar-refractivity contribution is -0.125. The van der Waals surface area contributed by atoms with Gasteiger partial charge >= 0.3 is 0 Å². The van der Waals surface area contributed by atoms with E-state index in [-0.39, 0.29) is 17.7 Å². The molecule has 0 aliphatic carbocycles. The van der Waals surface area contributed by atoms with E-state index in [1.165, 1.54) is 6.08 Å². The van der Waals surface area contributed by atoms with Gasteiger partial charge in [0, 0.05) is 31.3 Å². The third-order valence-corrected chi connectivity index (χ3v) is 4.34. The number of nitrogens with zero attached hydrogens (tertiary/aromatic N) is 3. The Labute approximate surface area is 141 Å². The summed E-state index contributed by atoms with van der Waals surface area (Å²) in [4.78, 5) is 25.0. The van der Waals surface area contributed by atoms with Gasteiger partial charge < -0.3 is 10.6 Å².